The predicted octanol–water partition coefficient (Wildman–Crippen LogP) is 4.64. The van der Waals surface area contributed by atoms with E-state index in [4.69, 9.17) is 11.6 Å². The van der Waals surface area contributed by atoms with Crippen LogP contribution in [0.3, 0.4) is 0 Å². The summed E-state index contributed by atoms with van der Waals surface area (Å²) in [6.45, 7) is 2.01. The van der Waals surface area contributed by atoms with Gasteiger partial charge in [-0.2, -0.15) is 0 Å². The van der Waals surface area contributed by atoms with E-state index in [2.05, 4.69) is 23.5 Å². The van der Waals surface area contributed by atoms with Gasteiger partial charge in [0.25, 0.3) is 0 Å². The van der Waals surface area contributed by atoms with E-state index >= 15 is 0 Å². The Labute approximate surface area is 136 Å². The van der Waals surface area contributed by atoms with Crippen LogP contribution in [0.25, 0.3) is 0 Å². The molecule has 22 heavy (non-hydrogen) atoms. The summed E-state index contributed by atoms with van der Waals surface area (Å²) in [4.78, 5) is 12.7. The highest BCUT2D eigenvalue weighted by Crippen LogP contribution is 2.32. The van der Waals surface area contributed by atoms with E-state index in [1.54, 1.807) is 0 Å². The standard InChI is InChI=1S/C19H20ClNO/c1-13(14-9-11-16(20)12-10-14)21-19(22)18-8-4-6-15-5-2-3-7-17(15)18/h2-3,5,7,9-13,18H,4,6,8H2,1H3,(H,21,22)/t13-,18-/m0/s1. The summed E-state index contributed by atoms with van der Waals surface area (Å²) in [5.74, 6) is 0.0919. The molecule has 1 N–H and O–H groups in total. The van der Waals surface area contributed by atoms with Crippen molar-refractivity contribution in [3.63, 3.8) is 0 Å². The molecular formula is C19H20ClNO. The summed E-state index contributed by atoms with van der Waals surface area (Å²) in [5.41, 5.74) is 3.57. The van der Waals surface area contributed by atoms with Crippen LogP contribution in [0, 0.1) is 0 Å². The number of hydrogen-bond acceptors (Lipinski definition) is 1. The normalized spacial score (nSPS) is 18.4. The molecule has 2 aromatic carbocycles. The summed E-state index contributed by atoms with van der Waals surface area (Å²) in [6.07, 6.45) is 3.08. The maximum absolute atomic E-state index is 12.7. The summed E-state index contributed by atoms with van der Waals surface area (Å²) in [7, 11) is 0. The van der Waals surface area contributed by atoms with Gasteiger partial charge in [0.2, 0.25) is 5.91 Å². The maximum Gasteiger partial charge on any atom is 0.228 e. The van der Waals surface area contributed by atoms with Gasteiger partial charge in [0.05, 0.1) is 12.0 Å². The van der Waals surface area contributed by atoms with Crippen LogP contribution in [-0.2, 0) is 11.2 Å². The molecule has 0 aliphatic heterocycles. The lowest BCUT2D eigenvalue weighted by Gasteiger charge is -2.26. The number of amides is 1. The maximum atomic E-state index is 12.7. The summed E-state index contributed by atoms with van der Waals surface area (Å²) in [5, 5.41) is 3.86. The first-order valence-electron chi connectivity index (χ1n) is 7.79. The van der Waals surface area contributed by atoms with E-state index in [9.17, 15) is 4.79 Å². The first kappa shape index (κ1) is 15.1. The monoisotopic (exact) mass is 313 g/mol. The van der Waals surface area contributed by atoms with Gasteiger partial charge in [0, 0.05) is 5.02 Å². The van der Waals surface area contributed by atoms with Gasteiger partial charge >= 0.3 is 0 Å². The molecule has 1 amide bonds. The average Bonchev–Trinajstić information content (AvgIpc) is 2.54. The lowest BCUT2D eigenvalue weighted by Crippen LogP contribution is -2.33. The van der Waals surface area contributed by atoms with Crippen LogP contribution in [0.5, 0.6) is 0 Å². The van der Waals surface area contributed by atoms with Crippen molar-refractivity contribution in [3.05, 3.63) is 70.2 Å². The molecule has 2 aromatic rings. The smallest absolute Gasteiger partial charge is 0.228 e. The van der Waals surface area contributed by atoms with Crippen molar-refractivity contribution >= 4 is 17.5 Å². The number of hydrogen-bond donors (Lipinski definition) is 1. The first-order chi connectivity index (χ1) is 10.6. The molecule has 0 spiro atoms. The number of rotatable bonds is 3. The SMILES string of the molecule is C[C@H](NC(=O)[C@H]1CCCc2ccccc21)c1ccc(Cl)cc1. The molecule has 2 atom stereocenters. The number of nitrogens with one attached hydrogen (secondary N) is 1. The molecule has 1 aliphatic carbocycles. The Hall–Kier alpha value is -1.80. The van der Waals surface area contributed by atoms with E-state index in [0.29, 0.717) is 5.02 Å². The Balaban J connectivity index is 1.74. The molecule has 0 heterocycles. The van der Waals surface area contributed by atoms with Crippen molar-refractivity contribution in [2.75, 3.05) is 0 Å². The molecule has 0 aromatic heterocycles. The zero-order chi connectivity index (χ0) is 15.5. The Kier molecular flexibility index (Phi) is 4.49. The average molecular weight is 314 g/mol. The van der Waals surface area contributed by atoms with Crippen molar-refractivity contribution in [1.29, 1.82) is 0 Å². The number of carbonyl (C=O) groups excluding carboxylic acids is 1. The Morgan fingerprint density at radius 1 is 1.18 bits per heavy atom. The zero-order valence-electron chi connectivity index (χ0n) is 12.7. The van der Waals surface area contributed by atoms with Gasteiger partial charge in [0.15, 0.2) is 0 Å². The molecule has 0 bridgehead atoms. The van der Waals surface area contributed by atoms with Gasteiger partial charge in [0.1, 0.15) is 0 Å². The minimum atomic E-state index is -0.0281. The van der Waals surface area contributed by atoms with E-state index in [0.717, 1.165) is 24.8 Å². The van der Waals surface area contributed by atoms with Gasteiger partial charge in [-0.1, -0.05) is 48.0 Å². The fourth-order valence-electron chi connectivity index (χ4n) is 3.18. The topological polar surface area (TPSA) is 29.1 Å². The second kappa shape index (κ2) is 6.53. The van der Waals surface area contributed by atoms with E-state index in [1.165, 1.54) is 11.1 Å². The number of benzene rings is 2. The van der Waals surface area contributed by atoms with Crippen LogP contribution in [-0.4, -0.2) is 5.91 Å². The molecular weight excluding hydrogens is 294 g/mol. The minimum Gasteiger partial charge on any atom is -0.349 e. The van der Waals surface area contributed by atoms with Crippen molar-refractivity contribution in [2.45, 2.75) is 38.1 Å². The summed E-state index contributed by atoms with van der Waals surface area (Å²) >= 11 is 5.91. The van der Waals surface area contributed by atoms with Gasteiger partial charge in [-0.25, -0.2) is 0 Å². The quantitative estimate of drug-likeness (QED) is 0.879. The van der Waals surface area contributed by atoms with Gasteiger partial charge in [-0.05, 0) is 55.0 Å². The number of fused-ring (bicyclic) bond motifs is 1. The van der Waals surface area contributed by atoms with Crippen molar-refractivity contribution < 1.29 is 4.79 Å². The molecule has 3 heteroatoms. The third kappa shape index (κ3) is 3.17. The fraction of sp³-hybridized carbons (Fsp3) is 0.316. The molecule has 0 saturated heterocycles. The Morgan fingerprint density at radius 2 is 1.91 bits per heavy atom. The second-order valence-electron chi connectivity index (χ2n) is 5.93. The van der Waals surface area contributed by atoms with Crippen LogP contribution >= 0.6 is 11.6 Å². The third-order valence-corrected chi connectivity index (χ3v) is 4.67. The van der Waals surface area contributed by atoms with Crippen molar-refractivity contribution in [1.82, 2.24) is 5.32 Å². The van der Waals surface area contributed by atoms with Crippen molar-refractivity contribution in [2.24, 2.45) is 0 Å². The first-order valence-corrected chi connectivity index (χ1v) is 8.16. The fourth-order valence-corrected chi connectivity index (χ4v) is 3.30. The van der Waals surface area contributed by atoms with Gasteiger partial charge in [-0.3, -0.25) is 4.79 Å². The van der Waals surface area contributed by atoms with Crippen LogP contribution < -0.4 is 5.32 Å². The molecule has 0 fully saturated rings. The van der Waals surface area contributed by atoms with E-state index < -0.39 is 0 Å². The number of aryl methyl sites for hydroxylation is 1. The molecule has 2 nitrogen and oxygen atoms in total. The highest BCUT2D eigenvalue weighted by Gasteiger charge is 2.27. The molecule has 0 radical (unpaired) electrons. The number of halogens is 1. The second-order valence-corrected chi connectivity index (χ2v) is 6.36. The van der Waals surface area contributed by atoms with Crippen LogP contribution in [0.15, 0.2) is 48.5 Å². The molecule has 0 unspecified atom stereocenters. The van der Waals surface area contributed by atoms with E-state index in [1.807, 2.05) is 37.3 Å². The zero-order valence-corrected chi connectivity index (χ0v) is 13.4. The van der Waals surface area contributed by atoms with Crippen LogP contribution in [0.2, 0.25) is 5.02 Å². The van der Waals surface area contributed by atoms with Crippen LogP contribution in [0.4, 0.5) is 0 Å². The molecule has 114 valence electrons. The molecule has 3 rings (SSSR count). The molecule has 0 saturated carbocycles. The van der Waals surface area contributed by atoms with Crippen LogP contribution in [0.1, 0.15) is 48.4 Å². The van der Waals surface area contributed by atoms with Gasteiger partial charge in [-0.15, -0.1) is 0 Å². The van der Waals surface area contributed by atoms with E-state index in [-0.39, 0.29) is 17.9 Å². The Bertz CT molecular complexity index is 665. The largest absolute Gasteiger partial charge is 0.349 e. The third-order valence-electron chi connectivity index (χ3n) is 4.41. The summed E-state index contributed by atoms with van der Waals surface area (Å²) in [6, 6.07) is 15.9. The summed E-state index contributed by atoms with van der Waals surface area (Å²) < 4.78 is 0. The highest BCUT2D eigenvalue weighted by molar-refractivity contribution is 6.30. The minimum absolute atomic E-state index is 0.0149. The lowest BCUT2D eigenvalue weighted by atomic mass is 9.82. The Morgan fingerprint density at radius 3 is 2.68 bits per heavy atom. The predicted molar refractivity (Wildman–Crippen MR) is 90.1 cm³/mol. The molecule has 1 aliphatic rings. The van der Waals surface area contributed by atoms with Gasteiger partial charge < -0.3 is 5.32 Å². The highest BCUT2D eigenvalue weighted by atomic mass is 35.5. The number of carbonyl (C=O) groups is 1. The van der Waals surface area contributed by atoms with Crippen molar-refractivity contribution in [3.8, 4) is 0 Å². The lowest BCUT2D eigenvalue weighted by molar-refractivity contribution is -0.123.